The maximum absolute atomic E-state index is 12.6. The Hall–Kier alpha value is -3.87. The van der Waals surface area contributed by atoms with Crippen molar-refractivity contribution in [2.75, 3.05) is 19.5 Å². The number of aromatic nitrogens is 1. The smallest absolute Gasteiger partial charge is 0.255 e. The second kappa shape index (κ2) is 9.36. The summed E-state index contributed by atoms with van der Waals surface area (Å²) >= 11 is 0. The molecule has 1 heterocycles. The molecule has 3 rings (SSSR count). The molecular weight excluding hydrogens is 370 g/mol. The molecule has 7 heteroatoms. The van der Waals surface area contributed by atoms with Crippen LogP contribution >= 0.6 is 0 Å². The summed E-state index contributed by atoms with van der Waals surface area (Å²) in [4.78, 5) is 29.0. The molecule has 0 aliphatic heterocycles. The summed E-state index contributed by atoms with van der Waals surface area (Å²) < 4.78 is 10.4. The van der Waals surface area contributed by atoms with Gasteiger partial charge >= 0.3 is 0 Å². The molecule has 7 nitrogen and oxygen atoms in total. The van der Waals surface area contributed by atoms with E-state index in [1.807, 2.05) is 12.1 Å². The van der Waals surface area contributed by atoms with Gasteiger partial charge in [-0.05, 0) is 48.0 Å². The third-order valence-corrected chi connectivity index (χ3v) is 4.23. The van der Waals surface area contributed by atoms with E-state index in [4.69, 9.17) is 9.47 Å². The lowest BCUT2D eigenvalue weighted by Crippen LogP contribution is -2.23. The fourth-order valence-corrected chi connectivity index (χ4v) is 2.70. The molecule has 0 saturated carbocycles. The Morgan fingerprint density at radius 3 is 2.24 bits per heavy atom. The lowest BCUT2D eigenvalue weighted by Gasteiger charge is -2.11. The van der Waals surface area contributed by atoms with Gasteiger partial charge in [-0.3, -0.25) is 14.6 Å². The molecule has 3 aromatic rings. The van der Waals surface area contributed by atoms with Gasteiger partial charge in [0.25, 0.3) is 11.8 Å². The van der Waals surface area contributed by atoms with Crippen LogP contribution in [0.5, 0.6) is 11.5 Å². The van der Waals surface area contributed by atoms with Gasteiger partial charge < -0.3 is 20.1 Å². The van der Waals surface area contributed by atoms with Gasteiger partial charge in [-0.1, -0.05) is 6.07 Å². The molecule has 1 aromatic heterocycles. The van der Waals surface area contributed by atoms with Crippen LogP contribution in [0, 0.1) is 0 Å². The number of rotatable bonds is 7. The van der Waals surface area contributed by atoms with Crippen molar-refractivity contribution >= 4 is 17.5 Å². The molecule has 148 valence electrons. The number of anilines is 1. The third kappa shape index (κ3) is 5.10. The van der Waals surface area contributed by atoms with Crippen molar-refractivity contribution in [2.45, 2.75) is 6.54 Å². The first-order valence-corrected chi connectivity index (χ1v) is 8.91. The summed E-state index contributed by atoms with van der Waals surface area (Å²) in [5.74, 6) is 0.483. The van der Waals surface area contributed by atoms with Crippen LogP contribution in [0.2, 0.25) is 0 Å². The average Bonchev–Trinajstić information content (AvgIpc) is 2.78. The summed E-state index contributed by atoms with van der Waals surface area (Å²) in [6, 6.07) is 15.3. The number of hydrogen-bond donors (Lipinski definition) is 2. The molecule has 0 saturated heterocycles. The molecule has 0 bridgehead atoms. The topological polar surface area (TPSA) is 89.5 Å². The van der Waals surface area contributed by atoms with E-state index in [0.717, 1.165) is 5.56 Å². The Bertz CT molecular complexity index is 1010. The van der Waals surface area contributed by atoms with E-state index in [2.05, 4.69) is 15.6 Å². The highest BCUT2D eigenvalue weighted by molar-refractivity contribution is 6.06. The first-order valence-electron chi connectivity index (χ1n) is 8.91. The second-order valence-corrected chi connectivity index (χ2v) is 6.14. The van der Waals surface area contributed by atoms with Crippen LogP contribution in [0.15, 0.2) is 67.0 Å². The zero-order valence-corrected chi connectivity index (χ0v) is 16.1. The van der Waals surface area contributed by atoms with Crippen LogP contribution in [-0.2, 0) is 6.54 Å². The van der Waals surface area contributed by atoms with Crippen molar-refractivity contribution in [3.8, 4) is 11.5 Å². The second-order valence-electron chi connectivity index (χ2n) is 6.14. The zero-order valence-electron chi connectivity index (χ0n) is 16.1. The van der Waals surface area contributed by atoms with Gasteiger partial charge in [0.2, 0.25) is 0 Å². The Labute approximate surface area is 168 Å². The maximum atomic E-state index is 12.6. The van der Waals surface area contributed by atoms with Gasteiger partial charge in [-0.2, -0.15) is 0 Å². The quantitative estimate of drug-likeness (QED) is 0.645. The van der Waals surface area contributed by atoms with Crippen LogP contribution in [-0.4, -0.2) is 31.0 Å². The summed E-state index contributed by atoms with van der Waals surface area (Å²) in [6.07, 6.45) is 3.33. The molecule has 0 unspecified atom stereocenters. The number of ether oxygens (including phenoxy) is 2. The number of carbonyl (C=O) groups excluding carboxylic acids is 2. The highest BCUT2D eigenvalue weighted by Gasteiger charge is 2.12. The normalized spacial score (nSPS) is 10.1. The van der Waals surface area contributed by atoms with Crippen LogP contribution < -0.4 is 20.1 Å². The van der Waals surface area contributed by atoms with Crippen molar-refractivity contribution < 1.29 is 19.1 Å². The highest BCUT2D eigenvalue weighted by Crippen LogP contribution is 2.29. The van der Waals surface area contributed by atoms with Crippen molar-refractivity contribution in [3.05, 3.63) is 83.7 Å². The number of carbonyl (C=O) groups is 2. The highest BCUT2D eigenvalue weighted by atomic mass is 16.5. The molecule has 2 amide bonds. The first-order chi connectivity index (χ1) is 14.1. The zero-order chi connectivity index (χ0) is 20.6. The van der Waals surface area contributed by atoms with Gasteiger partial charge in [-0.25, -0.2) is 0 Å². The number of amides is 2. The Morgan fingerprint density at radius 2 is 1.55 bits per heavy atom. The van der Waals surface area contributed by atoms with Crippen LogP contribution in [0.3, 0.4) is 0 Å². The predicted molar refractivity (Wildman–Crippen MR) is 109 cm³/mol. The minimum atomic E-state index is -0.332. The molecule has 0 radical (unpaired) electrons. The van der Waals surface area contributed by atoms with Gasteiger partial charge in [-0.15, -0.1) is 0 Å². The fraction of sp³-hybridized carbons (Fsp3) is 0.136. The van der Waals surface area contributed by atoms with Crippen LogP contribution in [0.25, 0.3) is 0 Å². The predicted octanol–water partition coefficient (Wildman–Crippen LogP) is 3.28. The molecule has 0 atom stereocenters. The van der Waals surface area contributed by atoms with Crippen molar-refractivity contribution in [1.29, 1.82) is 0 Å². The van der Waals surface area contributed by atoms with E-state index in [0.29, 0.717) is 34.9 Å². The molecule has 2 N–H and O–H groups in total. The van der Waals surface area contributed by atoms with E-state index in [1.54, 1.807) is 62.0 Å². The van der Waals surface area contributed by atoms with Gasteiger partial charge in [0.05, 0.1) is 14.2 Å². The lowest BCUT2D eigenvalue weighted by molar-refractivity contribution is 0.0951. The number of pyridine rings is 1. The summed E-state index contributed by atoms with van der Waals surface area (Å²) in [7, 11) is 3.07. The largest absolute Gasteiger partial charge is 0.493 e. The van der Waals surface area contributed by atoms with E-state index in [-0.39, 0.29) is 11.8 Å². The van der Waals surface area contributed by atoms with E-state index in [1.165, 1.54) is 7.11 Å². The fourth-order valence-electron chi connectivity index (χ4n) is 2.70. The van der Waals surface area contributed by atoms with Crippen molar-refractivity contribution in [3.63, 3.8) is 0 Å². The minimum Gasteiger partial charge on any atom is -0.493 e. The maximum Gasteiger partial charge on any atom is 0.255 e. The summed E-state index contributed by atoms with van der Waals surface area (Å²) in [5.41, 5.74) is 2.27. The van der Waals surface area contributed by atoms with Crippen molar-refractivity contribution in [2.24, 2.45) is 0 Å². The van der Waals surface area contributed by atoms with Gasteiger partial charge in [0, 0.05) is 41.8 Å². The molecule has 29 heavy (non-hydrogen) atoms. The Morgan fingerprint density at radius 1 is 0.862 bits per heavy atom. The molecule has 0 aliphatic carbocycles. The van der Waals surface area contributed by atoms with E-state index >= 15 is 0 Å². The monoisotopic (exact) mass is 391 g/mol. The van der Waals surface area contributed by atoms with Crippen molar-refractivity contribution in [1.82, 2.24) is 10.3 Å². The summed E-state index contributed by atoms with van der Waals surface area (Å²) in [6.45, 7) is 0.378. The third-order valence-electron chi connectivity index (χ3n) is 4.23. The number of nitrogens with one attached hydrogen (secondary N) is 2. The van der Waals surface area contributed by atoms with Crippen LogP contribution in [0.1, 0.15) is 26.3 Å². The summed E-state index contributed by atoms with van der Waals surface area (Å²) in [5, 5.41) is 5.63. The molecule has 0 spiro atoms. The van der Waals surface area contributed by atoms with E-state index < -0.39 is 0 Å². The average molecular weight is 391 g/mol. The molecule has 0 aliphatic rings. The molecule has 2 aromatic carbocycles. The number of benzene rings is 2. The van der Waals surface area contributed by atoms with Gasteiger partial charge in [0.15, 0.2) is 11.5 Å². The number of methoxy groups -OCH3 is 2. The Balaban J connectivity index is 1.68. The SMILES string of the molecule is COc1ccc(NC(=O)c2cccc(C(=O)NCc3ccncc3)c2)cc1OC. The first kappa shape index (κ1) is 19.9. The standard InChI is InChI=1S/C22H21N3O4/c1-28-19-7-6-18(13-20(19)29-2)25-22(27)17-5-3-4-16(12-17)21(26)24-14-15-8-10-23-11-9-15/h3-13H,14H2,1-2H3,(H,24,26)(H,25,27). The molecular formula is C22H21N3O4. The van der Waals surface area contributed by atoms with Gasteiger partial charge in [0.1, 0.15) is 0 Å². The van der Waals surface area contributed by atoms with Crippen LogP contribution in [0.4, 0.5) is 5.69 Å². The Kier molecular flexibility index (Phi) is 6.42. The minimum absolute atomic E-state index is 0.262. The number of hydrogen-bond acceptors (Lipinski definition) is 5. The van der Waals surface area contributed by atoms with E-state index in [9.17, 15) is 9.59 Å². The number of nitrogens with zero attached hydrogens (tertiary/aromatic N) is 1. The molecule has 0 fully saturated rings. The lowest BCUT2D eigenvalue weighted by atomic mass is 10.1.